The highest BCUT2D eigenvalue weighted by Crippen LogP contribution is 2.53. The molecule has 0 N–H and O–H groups in total. The third kappa shape index (κ3) is 4.46. The molecule has 0 bridgehead atoms. The van der Waals surface area contributed by atoms with E-state index >= 15 is 0 Å². The molecule has 0 saturated heterocycles. The molecule has 214 valence electrons. The summed E-state index contributed by atoms with van der Waals surface area (Å²) in [6, 6.07) is 22.3. The van der Waals surface area contributed by atoms with Crippen molar-refractivity contribution in [2.45, 2.75) is 35.5 Å². The van der Waals surface area contributed by atoms with Crippen molar-refractivity contribution in [3.05, 3.63) is 118 Å². The minimum Gasteiger partial charge on any atom is -1.00 e. The Morgan fingerprint density at radius 2 is 0.929 bits per heavy atom. The van der Waals surface area contributed by atoms with Crippen LogP contribution in [0.4, 0.5) is 0 Å². The maximum atomic E-state index is 2.37. The normalized spacial score (nSPS) is 15.7. The fourth-order valence-corrected chi connectivity index (χ4v) is 9.09. The van der Waals surface area contributed by atoms with Gasteiger partial charge in [0.15, 0.2) is 12.4 Å². The quantitative estimate of drug-likeness (QED) is 0.209. The molecule has 4 aliphatic rings. The molecule has 0 radical (unpaired) electrons. The maximum Gasteiger partial charge on any atom is 0.231 e. The van der Waals surface area contributed by atoms with E-state index in [1.165, 1.54) is 80.8 Å². The van der Waals surface area contributed by atoms with Crippen LogP contribution in [0.1, 0.15) is 44.8 Å². The van der Waals surface area contributed by atoms with Gasteiger partial charge >= 0.3 is 0 Å². The number of aromatic nitrogens is 2. The summed E-state index contributed by atoms with van der Waals surface area (Å²) in [5.74, 6) is 0. The molecule has 0 amide bonds. The van der Waals surface area contributed by atoms with Crippen LogP contribution in [0.25, 0.3) is 22.8 Å². The van der Waals surface area contributed by atoms with Crippen LogP contribution in [0.15, 0.2) is 82.8 Å². The number of nitrogens with zero attached hydrogens (tertiary/aromatic N) is 4. The summed E-state index contributed by atoms with van der Waals surface area (Å²) >= 11 is 0. The average Bonchev–Trinajstić information content (AvgIpc) is 3.78. The van der Waals surface area contributed by atoms with E-state index in [4.69, 9.17) is 0 Å². The molecule has 2 aromatic heterocycles. The highest BCUT2D eigenvalue weighted by Gasteiger charge is 2.41. The molecule has 42 heavy (non-hydrogen) atoms. The molecule has 4 nitrogen and oxygen atoms in total. The van der Waals surface area contributed by atoms with Crippen molar-refractivity contribution >= 4 is 44.4 Å². The summed E-state index contributed by atoms with van der Waals surface area (Å²) < 4.78 is 4.43. The second-order valence-electron chi connectivity index (χ2n) is 11.2. The van der Waals surface area contributed by atoms with Crippen LogP contribution in [0, 0.1) is 0 Å². The molecule has 0 fully saturated rings. The van der Waals surface area contributed by atoms with Crippen LogP contribution in [-0.2, 0) is 39.8 Å². The molecular formula is C34H32Cl2N4S2. The summed E-state index contributed by atoms with van der Waals surface area (Å²) in [5, 5.41) is 0. The van der Waals surface area contributed by atoms with E-state index in [0.29, 0.717) is 0 Å². The standard InChI is InChI=1S/C34H32N4S2.2ClH/c1-35-19-7-5-9-27(35)33-31(37(33)3)25-15-17-29(23-13-11-21(23)25)39-40-30-18-16-26(22-12-14-24(22)30)32-34(38(32)4)28-10-6-8-20-36(28)2;;/h5-10,15-20H,11-14H2,1-4H3;2*1H/q+2;;/p-2. The predicted octanol–water partition coefficient (Wildman–Crippen LogP) is -0.117. The Bertz CT molecular complexity index is 1700. The molecule has 8 rings (SSSR count). The summed E-state index contributed by atoms with van der Waals surface area (Å²) in [6.45, 7) is 0. The van der Waals surface area contributed by atoms with Gasteiger partial charge in [-0.25, -0.2) is 0 Å². The summed E-state index contributed by atoms with van der Waals surface area (Å²) in [5.41, 5.74) is 17.1. The number of hydrogen-bond donors (Lipinski definition) is 0. The molecule has 8 heteroatoms. The Morgan fingerprint density at radius 3 is 1.29 bits per heavy atom. The molecule has 0 unspecified atom stereocenters. The number of aryl methyl sites for hydroxylation is 2. The van der Waals surface area contributed by atoms with Gasteiger partial charge in [-0.1, -0.05) is 33.7 Å². The minimum absolute atomic E-state index is 0. The monoisotopic (exact) mass is 630 g/mol. The molecule has 0 saturated carbocycles. The van der Waals surface area contributed by atoms with Crippen molar-refractivity contribution in [3.63, 3.8) is 0 Å². The summed E-state index contributed by atoms with van der Waals surface area (Å²) in [6.07, 6.45) is 9.01. The minimum atomic E-state index is 0. The van der Waals surface area contributed by atoms with Crippen LogP contribution >= 0.6 is 21.6 Å². The highest BCUT2D eigenvalue weighted by molar-refractivity contribution is 8.76. The van der Waals surface area contributed by atoms with Gasteiger partial charge in [0.1, 0.15) is 25.5 Å². The lowest BCUT2D eigenvalue weighted by molar-refractivity contribution is -0.674. The smallest absolute Gasteiger partial charge is 0.231 e. The van der Waals surface area contributed by atoms with Gasteiger partial charge in [0.25, 0.3) is 0 Å². The predicted molar refractivity (Wildman–Crippen MR) is 164 cm³/mol. The van der Waals surface area contributed by atoms with Crippen molar-refractivity contribution in [3.8, 4) is 0 Å². The van der Waals surface area contributed by atoms with Crippen molar-refractivity contribution in [2.75, 3.05) is 14.1 Å². The number of halogens is 2. The van der Waals surface area contributed by atoms with E-state index in [1.807, 2.05) is 21.6 Å². The van der Waals surface area contributed by atoms with E-state index in [-0.39, 0.29) is 24.8 Å². The van der Waals surface area contributed by atoms with E-state index < -0.39 is 0 Å². The van der Waals surface area contributed by atoms with Crippen molar-refractivity contribution in [1.29, 1.82) is 0 Å². The van der Waals surface area contributed by atoms with Gasteiger partial charge in [0, 0.05) is 59.3 Å². The zero-order valence-electron chi connectivity index (χ0n) is 24.1. The van der Waals surface area contributed by atoms with Crippen LogP contribution in [0.3, 0.4) is 0 Å². The second kappa shape index (κ2) is 11.0. The average molecular weight is 632 g/mol. The van der Waals surface area contributed by atoms with Crippen LogP contribution in [0.5, 0.6) is 0 Å². The second-order valence-corrected chi connectivity index (χ2v) is 13.4. The lowest BCUT2D eigenvalue weighted by atomic mass is 9.84. The number of pyridine rings is 2. The lowest BCUT2D eigenvalue weighted by Crippen LogP contribution is -3.00. The zero-order chi connectivity index (χ0) is 27.1. The number of fused-ring (bicyclic) bond motifs is 2. The van der Waals surface area contributed by atoms with Crippen LogP contribution < -0.4 is 33.9 Å². The Labute approximate surface area is 268 Å². The van der Waals surface area contributed by atoms with E-state index in [1.54, 1.807) is 22.3 Å². The van der Waals surface area contributed by atoms with Crippen molar-refractivity contribution < 1.29 is 33.9 Å². The zero-order valence-corrected chi connectivity index (χ0v) is 27.3. The molecular weight excluding hydrogens is 599 g/mol. The van der Waals surface area contributed by atoms with Gasteiger partial charge in [-0.3, -0.25) is 0 Å². The third-order valence-electron chi connectivity index (χ3n) is 9.04. The molecule has 4 aromatic rings. The van der Waals surface area contributed by atoms with Gasteiger partial charge in [0.05, 0.1) is 11.4 Å². The summed E-state index contributed by atoms with van der Waals surface area (Å²) in [4.78, 5) is 7.57. The number of rotatable bonds is 7. The number of benzene rings is 2. The van der Waals surface area contributed by atoms with Gasteiger partial charge < -0.3 is 34.6 Å². The molecule has 4 heterocycles. The van der Waals surface area contributed by atoms with E-state index in [0.717, 1.165) is 0 Å². The summed E-state index contributed by atoms with van der Waals surface area (Å²) in [7, 11) is 12.6. The largest absolute Gasteiger partial charge is 1.00 e. The van der Waals surface area contributed by atoms with Gasteiger partial charge in [-0.05, 0) is 72.2 Å². The highest BCUT2D eigenvalue weighted by atomic mass is 35.5. The Kier molecular flexibility index (Phi) is 7.63. The van der Waals surface area contributed by atoms with Gasteiger partial charge in [-0.2, -0.15) is 9.13 Å². The van der Waals surface area contributed by atoms with Crippen LogP contribution in [-0.4, -0.2) is 23.9 Å². The molecule has 0 atom stereocenters. The van der Waals surface area contributed by atoms with Crippen LogP contribution in [0.2, 0.25) is 0 Å². The first kappa shape index (κ1) is 29.2. The SMILES string of the molecule is CN1C(c2ccc(SSc3ccc(C4=C(c5cccc[n+]5C)N4C)c4c3CC4)c3c2CC3)=C1c1cccc[n+]1C.[Cl-].[Cl-]. The molecule has 2 aliphatic heterocycles. The molecule has 2 aromatic carbocycles. The van der Waals surface area contributed by atoms with E-state index in [9.17, 15) is 0 Å². The van der Waals surface area contributed by atoms with Gasteiger partial charge in [-0.15, -0.1) is 0 Å². The first-order valence-corrected chi connectivity index (χ1v) is 16.2. The van der Waals surface area contributed by atoms with Crippen molar-refractivity contribution in [2.24, 2.45) is 14.1 Å². The maximum absolute atomic E-state index is 2.37. The first-order valence-electron chi connectivity index (χ1n) is 14.0. The van der Waals surface area contributed by atoms with Gasteiger partial charge in [0.2, 0.25) is 11.4 Å². The lowest BCUT2D eigenvalue weighted by Gasteiger charge is -2.27. The molecule has 0 spiro atoms. The fourth-order valence-electron chi connectivity index (χ4n) is 6.53. The Balaban J connectivity index is 0.00000158. The number of hydrogen-bond acceptors (Lipinski definition) is 4. The Morgan fingerprint density at radius 1 is 0.524 bits per heavy atom. The van der Waals surface area contributed by atoms with Crippen molar-refractivity contribution in [1.82, 2.24) is 9.80 Å². The van der Waals surface area contributed by atoms with E-state index in [2.05, 4.69) is 120 Å². The topological polar surface area (TPSA) is 13.8 Å². The fraction of sp³-hybridized carbons (Fsp3) is 0.235. The first-order chi connectivity index (χ1) is 19.5. The Hall–Kier alpha value is -2.90. The third-order valence-corrected chi connectivity index (χ3v) is 11.6. The molecule has 2 aliphatic carbocycles.